The van der Waals surface area contributed by atoms with E-state index in [1.165, 1.54) is 0 Å². The van der Waals surface area contributed by atoms with Gasteiger partial charge in [0.2, 0.25) is 5.91 Å². The summed E-state index contributed by atoms with van der Waals surface area (Å²) in [6, 6.07) is 15.6. The third-order valence-corrected chi connectivity index (χ3v) is 5.61. The number of anilines is 1. The van der Waals surface area contributed by atoms with Crippen LogP contribution in [0.15, 0.2) is 48.5 Å². The second kappa shape index (κ2) is 9.36. The number of nitrogens with one attached hydrogen (secondary N) is 2. The Morgan fingerprint density at radius 2 is 1.91 bits per heavy atom. The van der Waals surface area contributed by atoms with E-state index in [4.69, 9.17) is 5.10 Å². The van der Waals surface area contributed by atoms with E-state index in [1.807, 2.05) is 66.1 Å². The minimum absolute atomic E-state index is 0.0755. The number of aryl methyl sites for hydroxylation is 1. The van der Waals surface area contributed by atoms with Gasteiger partial charge in [-0.05, 0) is 69.6 Å². The zero-order chi connectivity index (χ0) is 22.7. The molecule has 0 saturated carbocycles. The smallest absolute Gasteiger partial charge is 0.272 e. The van der Waals surface area contributed by atoms with Gasteiger partial charge in [-0.1, -0.05) is 30.3 Å². The minimum Gasteiger partial charge on any atom is -0.347 e. The maximum atomic E-state index is 13.0. The lowest BCUT2D eigenvalue weighted by Crippen LogP contribution is -2.27. The van der Waals surface area contributed by atoms with Crippen LogP contribution in [0.1, 0.15) is 39.3 Å². The van der Waals surface area contributed by atoms with Gasteiger partial charge >= 0.3 is 0 Å². The van der Waals surface area contributed by atoms with Gasteiger partial charge in [0.05, 0.1) is 12.2 Å². The number of para-hydroxylation sites is 1. The van der Waals surface area contributed by atoms with Gasteiger partial charge in [-0.15, -0.1) is 0 Å². The first kappa shape index (κ1) is 21.8. The lowest BCUT2D eigenvalue weighted by atomic mass is 10.1. The Kier molecular flexibility index (Phi) is 6.37. The minimum atomic E-state index is -0.169. The molecule has 166 valence electrons. The summed E-state index contributed by atoms with van der Waals surface area (Å²) in [5.41, 5.74) is 6.47. The molecule has 7 nitrogen and oxygen atoms in total. The van der Waals surface area contributed by atoms with Crippen molar-refractivity contribution in [3.63, 3.8) is 0 Å². The average Bonchev–Trinajstić information content (AvgIpc) is 3.35. The Bertz CT molecular complexity index is 1150. The highest BCUT2D eigenvalue weighted by Crippen LogP contribution is 2.28. The predicted molar refractivity (Wildman–Crippen MR) is 125 cm³/mol. The number of nitrogens with zero attached hydrogens (tertiary/aromatic N) is 3. The molecule has 0 fully saturated rings. The predicted octanol–water partition coefficient (Wildman–Crippen LogP) is 3.10. The lowest BCUT2D eigenvalue weighted by molar-refractivity contribution is -0.116. The van der Waals surface area contributed by atoms with E-state index < -0.39 is 0 Å². The summed E-state index contributed by atoms with van der Waals surface area (Å²) in [4.78, 5) is 26.8. The van der Waals surface area contributed by atoms with Crippen molar-refractivity contribution in [1.82, 2.24) is 20.0 Å². The number of fused-ring (bicyclic) bond motifs is 1. The second-order valence-electron chi connectivity index (χ2n) is 8.49. The Hall–Kier alpha value is -3.45. The number of amides is 2. The molecule has 2 N–H and O–H groups in total. The number of rotatable bonds is 7. The fourth-order valence-corrected chi connectivity index (χ4v) is 4.13. The highest BCUT2D eigenvalue weighted by atomic mass is 16.2. The Morgan fingerprint density at radius 1 is 1.09 bits per heavy atom. The molecule has 0 spiro atoms. The number of hydrogen-bond acceptors (Lipinski definition) is 4. The Morgan fingerprint density at radius 3 is 2.69 bits per heavy atom. The van der Waals surface area contributed by atoms with Gasteiger partial charge < -0.3 is 15.5 Å². The highest BCUT2D eigenvalue weighted by molar-refractivity contribution is 5.94. The summed E-state index contributed by atoms with van der Waals surface area (Å²) in [7, 11) is 3.70. The maximum absolute atomic E-state index is 13.0. The number of hydrogen-bond donors (Lipinski definition) is 2. The van der Waals surface area contributed by atoms with E-state index >= 15 is 0 Å². The standard InChI is InChI=1S/C25H29N5O2/c1-17-8-4-5-12-21(17)30-22-13-7-11-20(22)24(28-30)25(32)26-15-18-9-6-10-19(14-18)27-23(31)16-29(2)3/h4-6,8-10,12,14H,7,11,13,15-16H2,1-3H3,(H,26,32)(H,27,31). The molecule has 0 unspecified atom stereocenters. The fourth-order valence-electron chi connectivity index (χ4n) is 4.13. The van der Waals surface area contributed by atoms with Gasteiger partial charge in [0.1, 0.15) is 0 Å². The van der Waals surface area contributed by atoms with E-state index in [9.17, 15) is 9.59 Å². The van der Waals surface area contributed by atoms with E-state index in [0.29, 0.717) is 24.5 Å². The summed E-state index contributed by atoms with van der Waals surface area (Å²) >= 11 is 0. The number of carbonyl (C=O) groups excluding carboxylic acids is 2. The summed E-state index contributed by atoms with van der Waals surface area (Å²) in [5, 5.41) is 10.6. The zero-order valence-corrected chi connectivity index (χ0v) is 18.8. The summed E-state index contributed by atoms with van der Waals surface area (Å²) in [6.45, 7) is 2.74. The van der Waals surface area contributed by atoms with Crippen molar-refractivity contribution >= 4 is 17.5 Å². The monoisotopic (exact) mass is 431 g/mol. The average molecular weight is 432 g/mol. The number of likely N-dealkylation sites (N-methyl/N-ethyl adjacent to an activating group) is 1. The summed E-state index contributed by atoms with van der Waals surface area (Å²) in [5.74, 6) is -0.244. The van der Waals surface area contributed by atoms with Gasteiger partial charge in [0.15, 0.2) is 5.69 Å². The summed E-state index contributed by atoms with van der Waals surface area (Å²) in [6.07, 6.45) is 2.84. The first-order valence-electron chi connectivity index (χ1n) is 10.9. The van der Waals surface area contributed by atoms with E-state index in [0.717, 1.165) is 47.3 Å². The number of aromatic nitrogens is 2. The van der Waals surface area contributed by atoms with Crippen molar-refractivity contribution in [2.75, 3.05) is 26.0 Å². The van der Waals surface area contributed by atoms with Crippen molar-refractivity contribution in [2.45, 2.75) is 32.7 Å². The van der Waals surface area contributed by atoms with Crippen LogP contribution >= 0.6 is 0 Å². The first-order valence-corrected chi connectivity index (χ1v) is 10.9. The van der Waals surface area contributed by atoms with Crippen molar-refractivity contribution < 1.29 is 9.59 Å². The topological polar surface area (TPSA) is 79.3 Å². The van der Waals surface area contributed by atoms with Crippen LogP contribution in [0.2, 0.25) is 0 Å². The molecule has 1 aliphatic rings. The van der Waals surface area contributed by atoms with Crippen LogP contribution in [0.3, 0.4) is 0 Å². The molecule has 0 bridgehead atoms. The molecule has 0 aliphatic heterocycles. The molecule has 3 aromatic rings. The molecular formula is C25H29N5O2. The van der Waals surface area contributed by atoms with Crippen molar-refractivity contribution in [1.29, 1.82) is 0 Å². The second-order valence-corrected chi connectivity index (χ2v) is 8.49. The molecule has 4 rings (SSSR count). The molecule has 32 heavy (non-hydrogen) atoms. The molecule has 0 saturated heterocycles. The first-order chi connectivity index (χ1) is 15.4. The van der Waals surface area contributed by atoms with Crippen LogP contribution < -0.4 is 10.6 Å². The lowest BCUT2D eigenvalue weighted by Gasteiger charge is -2.11. The molecule has 2 aromatic carbocycles. The van der Waals surface area contributed by atoms with Crippen molar-refractivity contribution in [2.24, 2.45) is 0 Å². The molecular weight excluding hydrogens is 402 g/mol. The van der Waals surface area contributed by atoms with E-state index in [1.54, 1.807) is 0 Å². The van der Waals surface area contributed by atoms with Crippen LogP contribution in [0, 0.1) is 6.92 Å². The van der Waals surface area contributed by atoms with Gasteiger partial charge in [0, 0.05) is 23.5 Å². The number of carbonyl (C=O) groups is 2. The third-order valence-electron chi connectivity index (χ3n) is 5.61. The molecule has 1 aliphatic carbocycles. The van der Waals surface area contributed by atoms with Crippen molar-refractivity contribution in [3.05, 3.63) is 76.6 Å². The molecule has 0 radical (unpaired) electrons. The van der Waals surface area contributed by atoms with Gasteiger partial charge in [0.25, 0.3) is 5.91 Å². The van der Waals surface area contributed by atoms with Gasteiger partial charge in [-0.25, -0.2) is 4.68 Å². The largest absolute Gasteiger partial charge is 0.347 e. The molecule has 1 heterocycles. The van der Waals surface area contributed by atoms with E-state index in [-0.39, 0.29) is 11.8 Å². The van der Waals surface area contributed by atoms with Crippen LogP contribution in [0.5, 0.6) is 0 Å². The molecule has 2 amide bonds. The normalized spacial score (nSPS) is 12.6. The van der Waals surface area contributed by atoms with Crippen LogP contribution in [-0.2, 0) is 24.2 Å². The Balaban J connectivity index is 1.48. The Labute approximate surface area is 188 Å². The van der Waals surface area contributed by atoms with E-state index in [2.05, 4.69) is 23.6 Å². The summed E-state index contributed by atoms with van der Waals surface area (Å²) < 4.78 is 1.94. The fraction of sp³-hybridized carbons (Fsp3) is 0.320. The van der Waals surface area contributed by atoms with Gasteiger partial charge in [-0.2, -0.15) is 5.10 Å². The van der Waals surface area contributed by atoms with Gasteiger partial charge in [-0.3, -0.25) is 9.59 Å². The van der Waals surface area contributed by atoms with Crippen molar-refractivity contribution in [3.8, 4) is 5.69 Å². The van der Waals surface area contributed by atoms with Crippen LogP contribution in [0.4, 0.5) is 5.69 Å². The zero-order valence-electron chi connectivity index (χ0n) is 18.8. The quantitative estimate of drug-likeness (QED) is 0.603. The molecule has 0 atom stereocenters. The highest BCUT2D eigenvalue weighted by Gasteiger charge is 2.27. The maximum Gasteiger partial charge on any atom is 0.272 e. The third kappa shape index (κ3) is 4.73. The molecule has 1 aromatic heterocycles. The van der Waals surface area contributed by atoms with Crippen LogP contribution in [-0.4, -0.2) is 47.1 Å². The van der Waals surface area contributed by atoms with Crippen LogP contribution in [0.25, 0.3) is 5.69 Å². The molecule has 7 heteroatoms. The number of benzene rings is 2. The SMILES string of the molecule is Cc1ccccc1-n1nc(C(=O)NCc2cccc(NC(=O)CN(C)C)c2)c2c1CCC2.